The predicted molar refractivity (Wildman–Crippen MR) is 339 cm³/mol. The molecule has 0 aliphatic heterocycles. The number of nitrogen functional groups attached to an aromatic ring is 1. The lowest BCUT2D eigenvalue weighted by Gasteiger charge is -2.43. The normalized spacial score (nSPS) is 16.0. The van der Waals surface area contributed by atoms with E-state index in [2.05, 4.69) is 120 Å². The van der Waals surface area contributed by atoms with Gasteiger partial charge in [-0.05, 0) is 148 Å². The summed E-state index contributed by atoms with van der Waals surface area (Å²) in [6, 6.07) is 14.8. The number of rotatable bonds is 46. The number of hydrogen-bond donors (Lipinski definition) is 9. The van der Waals surface area contributed by atoms with Crippen LogP contribution in [0.15, 0.2) is 36.4 Å². The van der Waals surface area contributed by atoms with Crippen LogP contribution in [-0.4, -0.2) is 194 Å². The van der Waals surface area contributed by atoms with Crippen molar-refractivity contribution < 1.29 is 55.5 Å². The Morgan fingerprint density at radius 1 is 0.620 bits per heavy atom. The smallest absolute Gasteiger partial charge is 0.437 e. The van der Waals surface area contributed by atoms with Gasteiger partial charge in [-0.25, -0.2) is 0 Å². The second-order valence-corrected chi connectivity index (χ2v) is 40.7. The predicted octanol–water partition coefficient (Wildman–Crippen LogP) is 5.91. The molecule has 462 valence electrons. The molecule has 0 aliphatic rings. The van der Waals surface area contributed by atoms with E-state index >= 15 is 0 Å². The van der Waals surface area contributed by atoms with Crippen LogP contribution in [0, 0.1) is 6.92 Å². The summed E-state index contributed by atoms with van der Waals surface area (Å²) in [4.78, 5) is 0. The number of aliphatic hydroxyl groups is 3. The van der Waals surface area contributed by atoms with Crippen LogP contribution in [0.4, 0.5) is 11.4 Å². The summed E-state index contributed by atoms with van der Waals surface area (Å²) in [6.07, 6.45) is 3.82. The number of ether oxygens (including phenoxy) is 5. The van der Waals surface area contributed by atoms with Crippen LogP contribution >= 0.6 is 0 Å². The molecule has 23 heteroatoms. The minimum Gasteiger partial charge on any atom is -0.437 e. The maximum atomic E-state index is 10.8. The van der Waals surface area contributed by atoms with Gasteiger partial charge in [0.1, 0.15) is 0 Å². The van der Waals surface area contributed by atoms with Crippen LogP contribution in [0.1, 0.15) is 90.8 Å². The van der Waals surface area contributed by atoms with Gasteiger partial charge < -0.3 is 88.2 Å². The average molecular weight is 1210 g/mol. The highest BCUT2D eigenvalue weighted by molar-refractivity contribution is 6.94. The number of likely N-dealkylation sites (N-methyl/N-ethyl adjacent to an activating group) is 1. The van der Waals surface area contributed by atoms with Crippen LogP contribution in [0.5, 0.6) is 0 Å². The molecule has 2 rings (SSSR count). The van der Waals surface area contributed by atoms with Gasteiger partial charge in [-0.3, -0.25) is 0 Å². The first-order valence-corrected chi connectivity index (χ1v) is 42.1. The summed E-state index contributed by atoms with van der Waals surface area (Å²) in [7, 11) is -9.67. The number of unbranched alkanes of at least 4 members (excludes halogenated alkanes) is 1. The van der Waals surface area contributed by atoms with Crippen LogP contribution in [0.25, 0.3) is 0 Å². The standard InChI is InChI=1S/C42H84N4O9Si5.C14H32N2O3/c1-13-36-26-37(14-2)42(35(5)41(36)44)46-28-39(48)32-50-23-19-25-58(9,10)54-60(40-20-16-15-17-21-40,55-59(11,12)53-57(6,7)8)52-56-24-18-22-49-31-38(47)27-45-34(4)30-51-29-33(3)43;1-5-6-7-18-11-14(17)8-16-13(3)10-19-9-12(2)15-4/h15-17,20-21,26,33-34,38-39,45-48H,13-14,18-19,22-25,27-32,43-44,56H2,1-12H3;12-17H,5-11H2,1-4H3. The largest absolute Gasteiger partial charge is 0.506 e. The highest BCUT2D eigenvalue weighted by Gasteiger charge is 2.52. The second-order valence-electron chi connectivity index (χ2n) is 23.3. The fourth-order valence-corrected chi connectivity index (χ4v) is 28.0. The van der Waals surface area contributed by atoms with Crippen molar-refractivity contribution in [3.8, 4) is 0 Å². The number of aliphatic hydroxyl groups excluding tert-OH is 3. The first kappa shape index (κ1) is 75.5. The topological polar surface area (TPSA) is 244 Å². The SMILES string of the molecule is CCCCOCC(O)CNC(C)COCC(C)NC.CCc1cc(CC)c(NCC(O)COCCC[Si](C)(C)O[Si](O[SiH2]CCCOCC(O)CNC(C)COCC(C)N)(O[Si](C)(C)O[Si](C)(C)C)c2ccccc2)c(C)c1N. The van der Waals surface area contributed by atoms with E-state index in [-0.39, 0.29) is 31.3 Å². The maximum absolute atomic E-state index is 10.8. The van der Waals surface area contributed by atoms with E-state index in [0.717, 1.165) is 84.9 Å². The molecule has 8 unspecified atom stereocenters. The fourth-order valence-electron chi connectivity index (χ4n) is 8.36. The molecule has 0 aliphatic carbocycles. The minimum absolute atomic E-state index is 0.000941. The van der Waals surface area contributed by atoms with E-state index in [1.165, 1.54) is 5.56 Å². The van der Waals surface area contributed by atoms with Crippen molar-refractivity contribution in [2.45, 2.75) is 194 Å². The highest BCUT2D eigenvalue weighted by Crippen LogP contribution is 2.31. The van der Waals surface area contributed by atoms with Crippen LogP contribution in [0.2, 0.25) is 57.9 Å². The lowest BCUT2D eigenvalue weighted by atomic mass is 9.97. The molecule has 0 fully saturated rings. The zero-order valence-electron chi connectivity index (χ0n) is 52.2. The molecule has 0 bridgehead atoms. The summed E-state index contributed by atoms with van der Waals surface area (Å²) < 4.78 is 56.6. The molecule has 0 saturated carbocycles. The molecule has 0 aromatic heterocycles. The average Bonchev–Trinajstić information content (AvgIpc) is 3.38. The molecule has 18 nitrogen and oxygen atoms in total. The third-order valence-electron chi connectivity index (χ3n) is 12.5. The Morgan fingerprint density at radius 3 is 1.66 bits per heavy atom. The minimum atomic E-state index is -3.44. The summed E-state index contributed by atoms with van der Waals surface area (Å²) in [5.74, 6) is 0. The van der Waals surface area contributed by atoms with Gasteiger partial charge in [0.05, 0.1) is 64.6 Å². The van der Waals surface area contributed by atoms with Crippen LogP contribution in [0.3, 0.4) is 0 Å². The zero-order chi connectivity index (χ0) is 59.5. The molecule has 0 amide bonds. The molecular weight excluding hydrogens is 1090 g/mol. The quantitative estimate of drug-likeness (QED) is 0.0212. The van der Waals surface area contributed by atoms with Gasteiger partial charge in [0.25, 0.3) is 0 Å². The van der Waals surface area contributed by atoms with E-state index in [0.29, 0.717) is 71.9 Å². The van der Waals surface area contributed by atoms with Gasteiger partial charge in [0, 0.05) is 80.2 Å². The first-order chi connectivity index (χ1) is 37.2. The van der Waals surface area contributed by atoms with Crippen LogP contribution < -0.4 is 37.9 Å². The Morgan fingerprint density at radius 2 is 1.14 bits per heavy atom. The van der Waals surface area contributed by atoms with Crippen molar-refractivity contribution >= 4 is 60.3 Å². The van der Waals surface area contributed by atoms with Crippen molar-refractivity contribution in [2.24, 2.45) is 5.73 Å². The molecule has 2 aromatic carbocycles. The molecule has 0 saturated heterocycles. The van der Waals surface area contributed by atoms with Gasteiger partial charge in [-0.2, -0.15) is 0 Å². The van der Waals surface area contributed by atoms with Crippen LogP contribution in [-0.2, 0) is 53.0 Å². The van der Waals surface area contributed by atoms with E-state index < -0.39 is 62.1 Å². The van der Waals surface area contributed by atoms with Crippen molar-refractivity contribution in [2.75, 3.05) is 104 Å². The maximum Gasteiger partial charge on any atom is 0.506 e. The number of benzene rings is 2. The fraction of sp³-hybridized carbons (Fsp3) is 0.786. The zero-order valence-corrected chi connectivity index (χ0v) is 57.6. The molecule has 0 heterocycles. The Kier molecular flexibility index (Phi) is 39.7. The molecule has 0 spiro atoms. The molecule has 79 heavy (non-hydrogen) atoms. The van der Waals surface area contributed by atoms with Gasteiger partial charge in [0.2, 0.25) is 0 Å². The van der Waals surface area contributed by atoms with Crippen molar-refractivity contribution in [1.29, 1.82) is 0 Å². The summed E-state index contributed by atoms with van der Waals surface area (Å²) in [6.45, 7) is 38.1. The number of aryl methyl sites for hydroxylation is 2. The third-order valence-corrected chi connectivity index (χ3v) is 29.0. The molecule has 0 radical (unpaired) electrons. The monoisotopic (exact) mass is 1200 g/mol. The summed E-state index contributed by atoms with van der Waals surface area (Å²) in [5.41, 5.74) is 17.4. The Hall–Kier alpha value is -1.52. The van der Waals surface area contributed by atoms with Gasteiger partial charge in [-0.15, -0.1) is 0 Å². The Bertz CT molecular complexity index is 1850. The molecule has 11 N–H and O–H groups in total. The van der Waals surface area contributed by atoms with E-state index in [1.807, 2.05) is 46.0 Å². The van der Waals surface area contributed by atoms with Gasteiger partial charge >= 0.3 is 17.4 Å². The lowest BCUT2D eigenvalue weighted by molar-refractivity contribution is 0.0316. The molecular formula is C56H116N6O12Si5. The number of nitrogens with two attached hydrogens (primary N) is 2. The molecule has 2 aromatic rings. The lowest BCUT2D eigenvalue weighted by Crippen LogP contribution is -2.67. The Balaban J connectivity index is 0.00000139. The summed E-state index contributed by atoms with van der Waals surface area (Å²) in [5, 5.41) is 45.0. The van der Waals surface area contributed by atoms with E-state index in [9.17, 15) is 15.3 Å². The van der Waals surface area contributed by atoms with Crippen molar-refractivity contribution in [3.63, 3.8) is 0 Å². The molecule has 8 atom stereocenters. The number of nitrogens with one attached hydrogen (secondary N) is 4. The number of hydrogen-bond acceptors (Lipinski definition) is 18. The Labute approximate surface area is 486 Å². The van der Waals surface area contributed by atoms with Gasteiger partial charge in [-0.1, -0.05) is 63.6 Å². The second kappa shape index (κ2) is 41.5. The van der Waals surface area contributed by atoms with Crippen molar-refractivity contribution in [3.05, 3.63) is 53.1 Å². The third kappa shape index (κ3) is 35.4. The first-order valence-electron chi connectivity index (χ1n) is 29.5. The van der Waals surface area contributed by atoms with E-state index in [4.69, 9.17) is 51.6 Å². The van der Waals surface area contributed by atoms with Crippen molar-refractivity contribution in [1.82, 2.24) is 16.0 Å². The number of anilines is 2. The highest BCUT2D eigenvalue weighted by atomic mass is 28.5. The van der Waals surface area contributed by atoms with E-state index in [1.54, 1.807) is 0 Å². The van der Waals surface area contributed by atoms with Gasteiger partial charge in [0.15, 0.2) is 26.4 Å². The summed E-state index contributed by atoms with van der Waals surface area (Å²) >= 11 is 0.